The van der Waals surface area contributed by atoms with Gasteiger partial charge in [-0.05, 0) is 30.3 Å². The molecule has 2 aromatic carbocycles. The average molecular weight is 271 g/mol. The molecule has 20 heavy (non-hydrogen) atoms. The third-order valence-corrected chi connectivity index (χ3v) is 2.55. The van der Waals surface area contributed by atoms with Crippen molar-refractivity contribution < 1.29 is 19.2 Å². The van der Waals surface area contributed by atoms with E-state index in [1.807, 2.05) is 0 Å². The third-order valence-electron chi connectivity index (χ3n) is 2.55. The van der Waals surface area contributed by atoms with Crippen molar-refractivity contribution in [1.29, 1.82) is 0 Å². The number of nitrogens with zero attached hydrogens (tertiary/aromatic N) is 1. The van der Waals surface area contributed by atoms with Crippen LogP contribution in [0.3, 0.4) is 0 Å². The Bertz CT molecular complexity index is 664. The van der Waals surface area contributed by atoms with Crippen LogP contribution in [0.1, 0.15) is 20.7 Å². The summed E-state index contributed by atoms with van der Waals surface area (Å²) in [5.74, 6) is -0.616. The van der Waals surface area contributed by atoms with Crippen LogP contribution in [0.2, 0.25) is 0 Å². The molecular formula is C14H9NO5. The van der Waals surface area contributed by atoms with Crippen LogP contribution in [0.5, 0.6) is 5.75 Å². The molecule has 0 atom stereocenters. The first kappa shape index (κ1) is 13.4. The van der Waals surface area contributed by atoms with E-state index in [1.165, 1.54) is 48.5 Å². The number of carbonyl (C=O) groups excluding carboxylic acids is 2. The van der Waals surface area contributed by atoms with Crippen molar-refractivity contribution in [2.75, 3.05) is 0 Å². The van der Waals surface area contributed by atoms with E-state index in [2.05, 4.69) is 0 Å². The van der Waals surface area contributed by atoms with Gasteiger partial charge in [0.1, 0.15) is 17.6 Å². The lowest BCUT2D eigenvalue weighted by Crippen LogP contribution is -2.10. The summed E-state index contributed by atoms with van der Waals surface area (Å²) >= 11 is 0. The Kier molecular flexibility index (Phi) is 3.85. The smallest absolute Gasteiger partial charge is 0.350 e. The maximum Gasteiger partial charge on any atom is 0.350 e. The van der Waals surface area contributed by atoms with E-state index < -0.39 is 10.9 Å². The highest BCUT2D eigenvalue weighted by Crippen LogP contribution is 2.20. The Hall–Kier alpha value is -3.02. The fourth-order valence-corrected chi connectivity index (χ4v) is 1.58. The second-order valence-electron chi connectivity index (χ2n) is 3.85. The first-order valence-electron chi connectivity index (χ1n) is 5.62. The number of ether oxygens (including phenoxy) is 1. The summed E-state index contributed by atoms with van der Waals surface area (Å²) in [6.07, 6.45) is 0.660. The molecule has 0 saturated carbocycles. The van der Waals surface area contributed by atoms with Crippen LogP contribution in [-0.2, 0) is 0 Å². The molecule has 0 aliphatic carbocycles. The minimum absolute atomic E-state index is 0.128. The van der Waals surface area contributed by atoms with Gasteiger partial charge in [-0.2, -0.15) is 0 Å². The predicted octanol–water partition coefficient (Wildman–Crippen LogP) is 2.63. The maximum atomic E-state index is 11.9. The molecule has 6 nitrogen and oxygen atoms in total. The second kappa shape index (κ2) is 5.75. The van der Waals surface area contributed by atoms with Gasteiger partial charge in [-0.15, -0.1) is 0 Å². The van der Waals surface area contributed by atoms with Crippen molar-refractivity contribution in [3.63, 3.8) is 0 Å². The molecule has 0 amide bonds. The minimum atomic E-state index is -0.823. The zero-order valence-electron chi connectivity index (χ0n) is 10.2. The van der Waals surface area contributed by atoms with E-state index >= 15 is 0 Å². The largest absolute Gasteiger partial charge is 0.423 e. The minimum Gasteiger partial charge on any atom is -0.423 e. The van der Waals surface area contributed by atoms with Crippen molar-refractivity contribution in [3.8, 4) is 5.75 Å². The number of benzene rings is 2. The third kappa shape index (κ3) is 2.86. The lowest BCUT2D eigenvalue weighted by Gasteiger charge is -2.04. The number of nitro benzene ring substituents is 1. The highest BCUT2D eigenvalue weighted by atomic mass is 16.6. The predicted molar refractivity (Wildman–Crippen MR) is 69.9 cm³/mol. The average Bonchev–Trinajstić information content (AvgIpc) is 2.48. The normalized spacial score (nSPS) is 9.80. The summed E-state index contributed by atoms with van der Waals surface area (Å²) in [7, 11) is 0. The molecule has 2 aromatic rings. The van der Waals surface area contributed by atoms with Crippen LogP contribution in [0.15, 0.2) is 48.5 Å². The van der Waals surface area contributed by atoms with E-state index in [9.17, 15) is 19.7 Å². The van der Waals surface area contributed by atoms with Crippen LogP contribution in [-0.4, -0.2) is 17.2 Å². The molecule has 0 unspecified atom stereocenters. The van der Waals surface area contributed by atoms with E-state index in [-0.39, 0.29) is 17.0 Å². The van der Waals surface area contributed by atoms with Gasteiger partial charge in [-0.3, -0.25) is 14.9 Å². The molecule has 100 valence electrons. The fourth-order valence-electron chi connectivity index (χ4n) is 1.58. The summed E-state index contributed by atoms with van der Waals surface area (Å²) in [6, 6.07) is 11.4. The van der Waals surface area contributed by atoms with Crippen molar-refractivity contribution in [3.05, 3.63) is 69.8 Å². The van der Waals surface area contributed by atoms with Crippen molar-refractivity contribution in [2.45, 2.75) is 0 Å². The summed E-state index contributed by atoms with van der Waals surface area (Å²) in [5.41, 5.74) is -0.00512. The Labute approximate surface area is 113 Å². The highest BCUT2D eigenvalue weighted by Gasteiger charge is 2.20. The monoisotopic (exact) mass is 271 g/mol. The van der Waals surface area contributed by atoms with E-state index in [4.69, 9.17) is 4.74 Å². The number of esters is 1. The van der Waals surface area contributed by atoms with Crippen LogP contribution < -0.4 is 4.74 Å². The molecular weight excluding hydrogens is 262 g/mol. The molecule has 0 aliphatic heterocycles. The molecule has 0 radical (unpaired) electrons. The van der Waals surface area contributed by atoms with Gasteiger partial charge >= 0.3 is 5.97 Å². The molecule has 0 aliphatic rings. The first-order valence-corrected chi connectivity index (χ1v) is 5.62. The van der Waals surface area contributed by atoms with Crippen LogP contribution >= 0.6 is 0 Å². The summed E-state index contributed by atoms with van der Waals surface area (Å²) in [5, 5.41) is 10.8. The zero-order chi connectivity index (χ0) is 14.5. The number of nitro groups is 1. The molecule has 0 aromatic heterocycles. The summed E-state index contributed by atoms with van der Waals surface area (Å²) in [4.78, 5) is 32.6. The van der Waals surface area contributed by atoms with E-state index in [1.54, 1.807) is 0 Å². The molecule has 0 bridgehead atoms. The standard InChI is InChI=1S/C14H9NO5/c16-9-10-5-7-11(8-6-10)20-14(17)12-3-1-2-4-13(12)15(18)19/h1-9H. The van der Waals surface area contributed by atoms with Gasteiger partial charge in [0.2, 0.25) is 0 Å². The number of hydrogen-bond acceptors (Lipinski definition) is 5. The quantitative estimate of drug-likeness (QED) is 0.280. The number of carbonyl (C=O) groups is 2. The Morgan fingerprint density at radius 1 is 1.10 bits per heavy atom. The Balaban J connectivity index is 2.23. The second-order valence-corrected chi connectivity index (χ2v) is 3.85. The van der Waals surface area contributed by atoms with Gasteiger partial charge in [0, 0.05) is 11.6 Å². The first-order chi connectivity index (χ1) is 9.61. The molecule has 0 spiro atoms. The molecule has 6 heteroatoms. The molecule has 0 saturated heterocycles. The Morgan fingerprint density at radius 2 is 1.75 bits per heavy atom. The molecule has 0 fully saturated rings. The van der Waals surface area contributed by atoms with Crippen LogP contribution in [0.25, 0.3) is 0 Å². The van der Waals surface area contributed by atoms with Gasteiger partial charge in [-0.1, -0.05) is 12.1 Å². The Morgan fingerprint density at radius 3 is 2.35 bits per heavy atom. The number of para-hydroxylation sites is 1. The number of hydrogen-bond donors (Lipinski definition) is 0. The lowest BCUT2D eigenvalue weighted by atomic mass is 10.2. The number of rotatable bonds is 4. The van der Waals surface area contributed by atoms with Gasteiger partial charge in [0.25, 0.3) is 5.69 Å². The molecule has 2 rings (SSSR count). The lowest BCUT2D eigenvalue weighted by molar-refractivity contribution is -0.385. The number of aldehydes is 1. The van der Waals surface area contributed by atoms with Gasteiger partial charge in [-0.25, -0.2) is 4.79 Å². The highest BCUT2D eigenvalue weighted by molar-refractivity contribution is 5.95. The van der Waals surface area contributed by atoms with Crippen molar-refractivity contribution in [2.24, 2.45) is 0 Å². The van der Waals surface area contributed by atoms with Gasteiger partial charge < -0.3 is 4.74 Å². The molecule has 0 heterocycles. The van der Waals surface area contributed by atoms with E-state index in [0.29, 0.717) is 11.8 Å². The maximum absolute atomic E-state index is 11.9. The topological polar surface area (TPSA) is 86.5 Å². The van der Waals surface area contributed by atoms with E-state index in [0.717, 1.165) is 0 Å². The molecule has 0 N–H and O–H groups in total. The SMILES string of the molecule is O=Cc1ccc(OC(=O)c2ccccc2[N+](=O)[O-])cc1. The van der Waals surface area contributed by atoms with Gasteiger partial charge in [0.15, 0.2) is 0 Å². The van der Waals surface area contributed by atoms with Crippen molar-refractivity contribution >= 4 is 17.9 Å². The summed E-state index contributed by atoms with van der Waals surface area (Å²) < 4.78 is 5.03. The van der Waals surface area contributed by atoms with Crippen LogP contribution in [0, 0.1) is 10.1 Å². The zero-order valence-corrected chi connectivity index (χ0v) is 10.2. The fraction of sp³-hybridized carbons (Fsp3) is 0. The van der Waals surface area contributed by atoms with Crippen LogP contribution in [0.4, 0.5) is 5.69 Å². The van der Waals surface area contributed by atoms with Crippen molar-refractivity contribution in [1.82, 2.24) is 0 Å². The van der Waals surface area contributed by atoms with Gasteiger partial charge in [0.05, 0.1) is 4.92 Å². The summed E-state index contributed by atoms with van der Waals surface area (Å²) in [6.45, 7) is 0.